The molecular weight excluding hydrogens is 580 g/mol. The summed E-state index contributed by atoms with van der Waals surface area (Å²) in [6.07, 6.45) is 0. The highest BCUT2D eigenvalue weighted by atomic mass is 16.4. The van der Waals surface area contributed by atoms with Crippen molar-refractivity contribution in [3.63, 3.8) is 0 Å². The fourth-order valence-corrected chi connectivity index (χ4v) is 1.48. The first-order valence-electron chi connectivity index (χ1n) is 10.5. The number of carboxylic acids is 8. The van der Waals surface area contributed by atoms with Crippen molar-refractivity contribution >= 4 is 47.8 Å². The summed E-state index contributed by atoms with van der Waals surface area (Å²) in [4.78, 5) is 80.4. The van der Waals surface area contributed by atoms with E-state index in [2.05, 4.69) is 0 Å². The van der Waals surface area contributed by atoms with Gasteiger partial charge < -0.3 is 64.6 Å². The quantitative estimate of drug-likeness (QED) is 0.107. The van der Waals surface area contributed by atoms with Gasteiger partial charge in [0.2, 0.25) is 0 Å². The summed E-state index contributed by atoms with van der Waals surface area (Å²) < 4.78 is 0. The van der Waals surface area contributed by atoms with Crippen LogP contribution in [0.15, 0.2) is 0 Å². The van der Waals surface area contributed by atoms with E-state index in [1.54, 1.807) is 0 Å². The van der Waals surface area contributed by atoms with Crippen molar-refractivity contribution in [1.29, 1.82) is 0 Å². The Morgan fingerprint density at radius 1 is 0.429 bits per heavy atom. The zero-order valence-electron chi connectivity index (χ0n) is 24.0. The summed E-state index contributed by atoms with van der Waals surface area (Å²) in [5.41, 5.74) is 9.81. The third-order valence-electron chi connectivity index (χ3n) is 2.33. The first-order valence-corrected chi connectivity index (χ1v) is 10.5. The fourth-order valence-electron chi connectivity index (χ4n) is 1.48. The van der Waals surface area contributed by atoms with Crippen molar-refractivity contribution in [2.75, 3.05) is 52.4 Å². The van der Waals surface area contributed by atoms with Gasteiger partial charge in [0.05, 0.1) is 26.2 Å². The van der Waals surface area contributed by atoms with E-state index in [4.69, 9.17) is 71.5 Å². The van der Waals surface area contributed by atoms with E-state index in [-0.39, 0.29) is 25.4 Å². The van der Waals surface area contributed by atoms with Gasteiger partial charge in [0.25, 0.3) is 23.9 Å². The van der Waals surface area contributed by atoms with Crippen LogP contribution >= 0.6 is 0 Å². The zero-order valence-corrected chi connectivity index (χ0v) is 24.0. The van der Waals surface area contributed by atoms with Gasteiger partial charge in [-0.25, -0.2) is 0 Å². The van der Waals surface area contributed by atoms with E-state index >= 15 is 0 Å². The topological polar surface area (TPSA) is 427 Å². The van der Waals surface area contributed by atoms with Gasteiger partial charge in [-0.15, -0.1) is 0 Å². The molecule has 22 nitrogen and oxygen atoms in total. The maximum Gasteiger partial charge on any atom is 0.317 e. The average molecular weight is 627 g/mol. The van der Waals surface area contributed by atoms with Crippen molar-refractivity contribution in [3.8, 4) is 0 Å². The van der Waals surface area contributed by atoms with Gasteiger partial charge in [-0.1, -0.05) is 0 Å². The molecule has 22 heteroatoms. The lowest BCUT2D eigenvalue weighted by molar-refractivity contribution is -0.145. The Morgan fingerprint density at radius 2 is 0.548 bits per heavy atom. The van der Waals surface area contributed by atoms with Crippen LogP contribution < -0.4 is 23.8 Å². The number of nitrogens with two attached hydrogens (primary N) is 2. The van der Waals surface area contributed by atoms with Crippen molar-refractivity contribution < 1.29 is 79.2 Å². The summed E-state index contributed by atoms with van der Waals surface area (Å²) >= 11 is 0. The molecule has 0 aliphatic heterocycles. The standard InChI is InChI=1S/C10H16N2O8.C2H8N2.4C2H4O2.2H3N/c13-7(14)3-11(4-8(15)16)1-2-12(5-9(17)18)6-10(19)20;3-1-2-4;4*1-2(3)4;;/h1-6H2,(H,13,14)(H,15,16)(H,17,18)(H,19,20);1-4H2;4*1H3,(H,3,4);2*1H3. The normalized spacial score (nSPS) is 8.19. The summed E-state index contributed by atoms with van der Waals surface area (Å²) in [5, 5.41) is 64.1. The largest absolute Gasteiger partial charge is 0.481 e. The third kappa shape index (κ3) is 138. The van der Waals surface area contributed by atoms with Crippen LogP contribution in [0.4, 0.5) is 0 Å². The number of carbonyl (C=O) groups is 8. The molecule has 0 amide bonds. The molecule has 0 aliphatic carbocycles. The molecule has 0 saturated heterocycles. The van der Waals surface area contributed by atoms with E-state index in [0.717, 1.165) is 37.5 Å². The summed E-state index contributed by atoms with van der Waals surface area (Å²) in [6.45, 7) is 3.28. The van der Waals surface area contributed by atoms with Crippen LogP contribution in [0.1, 0.15) is 27.7 Å². The molecule has 18 N–H and O–H groups in total. The van der Waals surface area contributed by atoms with Gasteiger partial charge in [-0.2, -0.15) is 0 Å². The predicted molar refractivity (Wildman–Crippen MR) is 145 cm³/mol. The molecular formula is C20H46N6O16. The van der Waals surface area contributed by atoms with Gasteiger partial charge >= 0.3 is 23.9 Å². The summed E-state index contributed by atoms with van der Waals surface area (Å²) in [5.74, 6) is -8.24. The second-order valence-electron chi connectivity index (χ2n) is 6.65. The SMILES string of the molecule is CC(=O)O.CC(=O)O.CC(=O)O.CC(=O)O.N.N.NCCN.O=C(O)CN(CCN(CC(=O)O)CC(=O)O)CC(=O)O. The molecule has 252 valence electrons. The van der Waals surface area contributed by atoms with E-state index in [1.165, 1.54) is 0 Å². The molecule has 0 saturated carbocycles. The third-order valence-corrected chi connectivity index (χ3v) is 2.33. The Kier molecular flexibility index (Phi) is 56.1. The van der Waals surface area contributed by atoms with E-state index in [0.29, 0.717) is 13.1 Å². The highest BCUT2D eigenvalue weighted by Gasteiger charge is 2.18. The zero-order chi connectivity index (χ0) is 33.4. The molecule has 0 aromatic carbocycles. The van der Waals surface area contributed by atoms with Crippen LogP contribution in [0.5, 0.6) is 0 Å². The number of aliphatic carboxylic acids is 8. The van der Waals surface area contributed by atoms with Gasteiger partial charge in [0.1, 0.15) is 0 Å². The molecule has 0 heterocycles. The first-order chi connectivity index (χ1) is 18.0. The van der Waals surface area contributed by atoms with E-state index < -0.39 is 73.9 Å². The lowest BCUT2D eigenvalue weighted by atomic mass is 10.4. The second kappa shape index (κ2) is 41.0. The van der Waals surface area contributed by atoms with Gasteiger partial charge in [0, 0.05) is 53.9 Å². The molecule has 0 bridgehead atoms. The van der Waals surface area contributed by atoms with Gasteiger partial charge in [-0.3, -0.25) is 48.2 Å². The van der Waals surface area contributed by atoms with Crippen molar-refractivity contribution in [3.05, 3.63) is 0 Å². The molecule has 0 radical (unpaired) electrons. The average Bonchev–Trinajstić information content (AvgIpc) is 2.68. The Morgan fingerprint density at radius 3 is 0.619 bits per heavy atom. The molecule has 0 atom stereocenters. The molecule has 0 aromatic heterocycles. The highest BCUT2D eigenvalue weighted by Crippen LogP contribution is 1.94. The maximum absolute atomic E-state index is 10.6. The van der Waals surface area contributed by atoms with Crippen LogP contribution in [0.3, 0.4) is 0 Å². The fraction of sp³-hybridized carbons (Fsp3) is 0.600. The van der Waals surface area contributed by atoms with Crippen molar-refractivity contribution in [2.24, 2.45) is 11.5 Å². The van der Waals surface area contributed by atoms with Crippen LogP contribution in [0.25, 0.3) is 0 Å². The second-order valence-corrected chi connectivity index (χ2v) is 6.65. The number of rotatable bonds is 12. The number of hydrogen-bond donors (Lipinski definition) is 12. The van der Waals surface area contributed by atoms with Gasteiger partial charge in [0.15, 0.2) is 0 Å². The Balaban J connectivity index is -0.0000000713. The molecule has 42 heavy (non-hydrogen) atoms. The predicted octanol–water partition coefficient (Wildman–Crippen LogP) is -2.48. The number of carboxylic acid groups (broad SMARTS) is 8. The minimum atomic E-state index is -1.23. The molecule has 0 unspecified atom stereocenters. The summed E-state index contributed by atoms with van der Waals surface area (Å²) in [6, 6.07) is 0. The Hall–Kier alpha value is -4.48. The van der Waals surface area contributed by atoms with E-state index in [1.807, 2.05) is 0 Å². The van der Waals surface area contributed by atoms with Gasteiger partial charge in [-0.05, 0) is 0 Å². The Bertz CT molecular complexity index is 633. The van der Waals surface area contributed by atoms with Crippen LogP contribution in [-0.2, 0) is 38.4 Å². The smallest absolute Gasteiger partial charge is 0.317 e. The van der Waals surface area contributed by atoms with Crippen LogP contribution in [0.2, 0.25) is 0 Å². The van der Waals surface area contributed by atoms with E-state index in [9.17, 15) is 19.2 Å². The molecule has 0 rings (SSSR count). The van der Waals surface area contributed by atoms with Crippen LogP contribution in [0, 0.1) is 0 Å². The lowest BCUT2D eigenvalue weighted by Gasteiger charge is -2.23. The first kappa shape index (κ1) is 57.4. The van der Waals surface area contributed by atoms with Crippen LogP contribution in [-0.4, -0.2) is 151 Å². The lowest BCUT2D eigenvalue weighted by Crippen LogP contribution is -2.43. The molecule has 0 fully saturated rings. The highest BCUT2D eigenvalue weighted by molar-refractivity contribution is 5.73. The maximum atomic E-state index is 10.6. The molecule has 0 aromatic rings. The molecule has 0 spiro atoms. The van der Waals surface area contributed by atoms with Crippen molar-refractivity contribution in [2.45, 2.75) is 27.7 Å². The minimum absolute atomic E-state index is 0. The number of hydrogen-bond acceptors (Lipinski definition) is 14. The summed E-state index contributed by atoms with van der Waals surface area (Å²) in [7, 11) is 0. The molecule has 0 aliphatic rings. The minimum Gasteiger partial charge on any atom is -0.481 e. The monoisotopic (exact) mass is 626 g/mol. The Labute approximate surface area is 241 Å². The number of nitrogens with zero attached hydrogens (tertiary/aromatic N) is 2. The van der Waals surface area contributed by atoms with Crippen molar-refractivity contribution in [1.82, 2.24) is 22.1 Å².